The molecule has 0 aliphatic carbocycles. The Hall–Kier alpha value is -1.27. The number of nitrogens with zero attached hydrogens (tertiary/aromatic N) is 3. The molecule has 1 heterocycles. The predicted octanol–water partition coefficient (Wildman–Crippen LogP) is 3.09. The molecule has 1 N–H and O–H groups in total. The second-order valence-corrected chi connectivity index (χ2v) is 5.46. The zero-order chi connectivity index (χ0) is 14.5. The lowest BCUT2D eigenvalue weighted by Crippen LogP contribution is -2.21. The zero-order valence-corrected chi connectivity index (χ0v) is 13.2. The van der Waals surface area contributed by atoms with Gasteiger partial charge in [-0.15, -0.1) is 0 Å². The lowest BCUT2D eigenvalue weighted by molar-refractivity contribution is 0.515. The molecule has 1 atom stereocenters. The molecule has 6 heteroatoms. The van der Waals surface area contributed by atoms with Crippen molar-refractivity contribution in [2.24, 2.45) is 0 Å². The molecule has 2 aromatic rings. The minimum Gasteiger partial charge on any atom is -0.313 e. The fourth-order valence-corrected chi connectivity index (χ4v) is 2.81. The van der Waals surface area contributed by atoms with E-state index in [2.05, 4.69) is 38.3 Å². The van der Waals surface area contributed by atoms with Crippen LogP contribution in [0.2, 0.25) is 0 Å². The van der Waals surface area contributed by atoms with Crippen LogP contribution in [0.1, 0.15) is 30.8 Å². The Kier molecular flexibility index (Phi) is 5.25. The summed E-state index contributed by atoms with van der Waals surface area (Å²) in [5.41, 5.74) is 1.01. The molecule has 2 rings (SSSR count). The van der Waals surface area contributed by atoms with Crippen LogP contribution in [-0.2, 0) is 13.0 Å². The number of halogens is 2. The van der Waals surface area contributed by atoms with Gasteiger partial charge in [0.1, 0.15) is 18.0 Å². The van der Waals surface area contributed by atoms with Gasteiger partial charge in [0, 0.05) is 23.5 Å². The van der Waals surface area contributed by atoms with E-state index in [4.69, 9.17) is 0 Å². The summed E-state index contributed by atoms with van der Waals surface area (Å²) in [5, 5.41) is 7.48. The molecule has 0 aliphatic heterocycles. The fourth-order valence-electron chi connectivity index (χ4n) is 2.18. The lowest BCUT2D eigenvalue weighted by atomic mass is 10.0. The van der Waals surface area contributed by atoms with Crippen molar-refractivity contribution in [1.82, 2.24) is 20.1 Å². The van der Waals surface area contributed by atoms with E-state index < -0.39 is 0 Å². The second kappa shape index (κ2) is 6.95. The Labute approximate surface area is 126 Å². The third-order valence-electron chi connectivity index (χ3n) is 3.20. The van der Waals surface area contributed by atoms with Crippen LogP contribution in [0.5, 0.6) is 0 Å². The standard InChI is InChI=1S/C14H18BrFN4/c1-3-6-20-14(18-9-19-20)8-13(17-2)11-5-4-10(16)7-12(11)15/h4-5,7,9,13,17H,3,6,8H2,1-2H3. The van der Waals surface area contributed by atoms with Gasteiger partial charge in [-0.3, -0.25) is 4.68 Å². The molecule has 0 radical (unpaired) electrons. The van der Waals surface area contributed by atoms with Crippen molar-refractivity contribution < 1.29 is 4.39 Å². The summed E-state index contributed by atoms with van der Waals surface area (Å²) in [6.45, 7) is 2.97. The van der Waals surface area contributed by atoms with Gasteiger partial charge in [-0.05, 0) is 31.2 Å². The van der Waals surface area contributed by atoms with Crippen LogP contribution in [-0.4, -0.2) is 21.8 Å². The van der Waals surface area contributed by atoms with Gasteiger partial charge >= 0.3 is 0 Å². The van der Waals surface area contributed by atoms with Gasteiger partial charge in [0.15, 0.2) is 0 Å². The number of likely N-dealkylation sites (N-methyl/N-ethyl adjacent to an activating group) is 1. The number of hydrogen-bond acceptors (Lipinski definition) is 3. The van der Waals surface area contributed by atoms with Gasteiger partial charge < -0.3 is 5.32 Å². The molecular formula is C14H18BrFN4. The van der Waals surface area contributed by atoms with Crippen LogP contribution in [0, 0.1) is 5.82 Å². The minimum absolute atomic E-state index is 0.0600. The average molecular weight is 341 g/mol. The Morgan fingerprint density at radius 1 is 1.45 bits per heavy atom. The molecule has 1 aromatic carbocycles. The molecule has 0 saturated heterocycles. The molecule has 0 bridgehead atoms. The first-order valence-corrected chi connectivity index (χ1v) is 7.44. The average Bonchev–Trinajstić information content (AvgIpc) is 2.84. The summed E-state index contributed by atoms with van der Waals surface area (Å²) in [7, 11) is 1.89. The van der Waals surface area contributed by atoms with E-state index in [1.807, 2.05) is 11.7 Å². The van der Waals surface area contributed by atoms with Gasteiger partial charge in [-0.1, -0.05) is 28.9 Å². The third kappa shape index (κ3) is 3.43. The number of nitrogens with one attached hydrogen (secondary N) is 1. The van der Waals surface area contributed by atoms with Crippen molar-refractivity contribution in [3.8, 4) is 0 Å². The molecule has 1 unspecified atom stereocenters. The number of benzene rings is 1. The van der Waals surface area contributed by atoms with Crippen LogP contribution in [0.25, 0.3) is 0 Å². The van der Waals surface area contributed by atoms with Gasteiger partial charge in [0.05, 0.1) is 0 Å². The van der Waals surface area contributed by atoms with Crippen LogP contribution in [0.15, 0.2) is 29.0 Å². The van der Waals surface area contributed by atoms with Crippen molar-refractivity contribution in [3.05, 3.63) is 46.2 Å². The summed E-state index contributed by atoms with van der Waals surface area (Å²) < 4.78 is 15.9. The number of aryl methyl sites for hydroxylation is 1. The Morgan fingerprint density at radius 3 is 2.90 bits per heavy atom. The van der Waals surface area contributed by atoms with E-state index in [1.165, 1.54) is 12.1 Å². The van der Waals surface area contributed by atoms with Crippen molar-refractivity contribution in [3.63, 3.8) is 0 Å². The molecule has 0 spiro atoms. The van der Waals surface area contributed by atoms with E-state index in [0.717, 1.165) is 28.8 Å². The molecule has 0 fully saturated rings. The Balaban J connectivity index is 2.22. The maximum absolute atomic E-state index is 13.2. The predicted molar refractivity (Wildman–Crippen MR) is 79.9 cm³/mol. The van der Waals surface area contributed by atoms with Gasteiger partial charge in [-0.2, -0.15) is 5.10 Å². The smallest absolute Gasteiger partial charge is 0.138 e. The van der Waals surface area contributed by atoms with E-state index in [1.54, 1.807) is 12.4 Å². The molecule has 4 nitrogen and oxygen atoms in total. The lowest BCUT2D eigenvalue weighted by Gasteiger charge is -2.18. The van der Waals surface area contributed by atoms with Crippen molar-refractivity contribution in [2.75, 3.05) is 7.05 Å². The van der Waals surface area contributed by atoms with Crippen molar-refractivity contribution in [1.29, 1.82) is 0 Å². The zero-order valence-electron chi connectivity index (χ0n) is 11.6. The van der Waals surface area contributed by atoms with Crippen molar-refractivity contribution >= 4 is 15.9 Å². The molecule has 1 aromatic heterocycles. The highest BCUT2D eigenvalue weighted by Gasteiger charge is 2.17. The first-order valence-electron chi connectivity index (χ1n) is 6.64. The summed E-state index contributed by atoms with van der Waals surface area (Å²) in [4.78, 5) is 4.32. The van der Waals surface area contributed by atoms with E-state index in [0.29, 0.717) is 6.42 Å². The summed E-state index contributed by atoms with van der Waals surface area (Å²) in [5.74, 6) is 0.687. The number of hydrogen-bond donors (Lipinski definition) is 1. The normalized spacial score (nSPS) is 12.6. The minimum atomic E-state index is -0.246. The van der Waals surface area contributed by atoms with E-state index >= 15 is 0 Å². The summed E-state index contributed by atoms with van der Waals surface area (Å²) in [6, 6.07) is 4.81. The molecular weight excluding hydrogens is 323 g/mol. The monoisotopic (exact) mass is 340 g/mol. The quantitative estimate of drug-likeness (QED) is 0.878. The topological polar surface area (TPSA) is 42.7 Å². The Bertz CT molecular complexity index is 570. The highest BCUT2D eigenvalue weighted by molar-refractivity contribution is 9.10. The Morgan fingerprint density at radius 2 is 2.25 bits per heavy atom. The highest BCUT2D eigenvalue weighted by Crippen LogP contribution is 2.26. The number of aromatic nitrogens is 3. The van der Waals surface area contributed by atoms with E-state index in [9.17, 15) is 4.39 Å². The first kappa shape index (κ1) is 15.1. The molecule has 0 amide bonds. The van der Waals surface area contributed by atoms with Crippen LogP contribution in [0.3, 0.4) is 0 Å². The molecule has 0 aliphatic rings. The summed E-state index contributed by atoms with van der Waals surface area (Å²) in [6.07, 6.45) is 3.30. The first-order chi connectivity index (χ1) is 9.65. The van der Waals surface area contributed by atoms with Crippen LogP contribution < -0.4 is 5.32 Å². The molecule has 20 heavy (non-hydrogen) atoms. The van der Waals surface area contributed by atoms with Crippen LogP contribution >= 0.6 is 15.9 Å². The molecule has 108 valence electrons. The molecule has 0 saturated carbocycles. The third-order valence-corrected chi connectivity index (χ3v) is 3.89. The maximum atomic E-state index is 13.2. The van der Waals surface area contributed by atoms with Gasteiger partial charge in [-0.25, -0.2) is 9.37 Å². The second-order valence-electron chi connectivity index (χ2n) is 4.61. The summed E-state index contributed by atoms with van der Waals surface area (Å²) >= 11 is 3.42. The van der Waals surface area contributed by atoms with Crippen molar-refractivity contribution in [2.45, 2.75) is 32.4 Å². The van der Waals surface area contributed by atoms with Crippen LogP contribution in [0.4, 0.5) is 4.39 Å². The highest BCUT2D eigenvalue weighted by atomic mass is 79.9. The SMILES string of the molecule is CCCn1ncnc1CC(NC)c1ccc(F)cc1Br. The van der Waals surface area contributed by atoms with E-state index in [-0.39, 0.29) is 11.9 Å². The maximum Gasteiger partial charge on any atom is 0.138 e. The van der Waals surface area contributed by atoms with Gasteiger partial charge in [0.2, 0.25) is 0 Å². The van der Waals surface area contributed by atoms with Gasteiger partial charge in [0.25, 0.3) is 0 Å². The number of rotatable bonds is 6. The fraction of sp³-hybridized carbons (Fsp3) is 0.429. The largest absolute Gasteiger partial charge is 0.313 e.